The molecule has 0 atom stereocenters. The fourth-order valence-corrected chi connectivity index (χ4v) is 3.60. The van der Waals surface area contributed by atoms with Gasteiger partial charge in [0.15, 0.2) is 0 Å². The lowest BCUT2D eigenvalue weighted by Crippen LogP contribution is -2.26. The van der Waals surface area contributed by atoms with E-state index in [0.717, 1.165) is 11.3 Å². The zero-order valence-electron chi connectivity index (χ0n) is 15.0. The van der Waals surface area contributed by atoms with Crippen LogP contribution >= 0.6 is 0 Å². The summed E-state index contributed by atoms with van der Waals surface area (Å²) in [4.78, 5) is 0.312. The van der Waals surface area contributed by atoms with Crippen LogP contribution in [0.5, 0.6) is 5.75 Å². The molecule has 132 valence electrons. The van der Waals surface area contributed by atoms with Crippen LogP contribution in [0, 0.1) is 6.92 Å². The maximum atomic E-state index is 12.5. The summed E-state index contributed by atoms with van der Waals surface area (Å²) < 4.78 is 38.5. The summed E-state index contributed by atoms with van der Waals surface area (Å²) in [6.07, 6.45) is 0.799. The van der Waals surface area contributed by atoms with Crippen molar-refractivity contribution in [3.63, 3.8) is 0 Å². The van der Waals surface area contributed by atoms with E-state index < -0.39 is 10.0 Å². The van der Waals surface area contributed by atoms with Gasteiger partial charge in [0.2, 0.25) is 10.0 Å². The van der Waals surface area contributed by atoms with Crippen LogP contribution in [0.3, 0.4) is 0 Å². The molecule has 0 aliphatic carbocycles. The van der Waals surface area contributed by atoms with Gasteiger partial charge in [-0.2, -0.15) is 0 Å². The number of methoxy groups -OCH3 is 1. The standard InChI is InChI=1S/C17H29NO4S/c1-12(2)15-11-17(14(5)10-16(15)21-6)23(19,20)18-8-7-9-22-13(3)4/h10-13,18H,7-9H2,1-6H3. The summed E-state index contributed by atoms with van der Waals surface area (Å²) in [6.45, 7) is 10.6. The maximum Gasteiger partial charge on any atom is 0.240 e. The Kier molecular flexibility index (Phi) is 7.51. The molecule has 0 heterocycles. The molecular weight excluding hydrogens is 314 g/mol. The van der Waals surface area contributed by atoms with Crippen molar-refractivity contribution in [1.82, 2.24) is 4.72 Å². The monoisotopic (exact) mass is 343 g/mol. The molecule has 23 heavy (non-hydrogen) atoms. The molecule has 0 radical (unpaired) electrons. The third-order valence-corrected chi connectivity index (χ3v) is 5.11. The number of sulfonamides is 1. The Labute approximate surface area is 140 Å². The van der Waals surface area contributed by atoms with E-state index in [1.807, 2.05) is 27.7 Å². The molecule has 0 saturated heterocycles. The van der Waals surface area contributed by atoms with Crippen LogP contribution in [0.15, 0.2) is 17.0 Å². The molecule has 0 bridgehead atoms. The third kappa shape index (κ3) is 5.79. The van der Waals surface area contributed by atoms with Gasteiger partial charge in [-0.15, -0.1) is 0 Å². The van der Waals surface area contributed by atoms with Crippen molar-refractivity contribution >= 4 is 10.0 Å². The van der Waals surface area contributed by atoms with Crippen LogP contribution in [0.1, 0.15) is 51.2 Å². The first-order chi connectivity index (χ1) is 10.7. The largest absolute Gasteiger partial charge is 0.496 e. The minimum absolute atomic E-state index is 0.157. The number of hydrogen-bond donors (Lipinski definition) is 1. The van der Waals surface area contributed by atoms with Crippen molar-refractivity contribution in [2.45, 2.75) is 58.0 Å². The van der Waals surface area contributed by atoms with Gasteiger partial charge >= 0.3 is 0 Å². The quantitative estimate of drug-likeness (QED) is 0.699. The van der Waals surface area contributed by atoms with Crippen LogP contribution in [0.4, 0.5) is 0 Å². The number of aryl methyl sites for hydroxylation is 1. The van der Waals surface area contributed by atoms with Crippen molar-refractivity contribution in [3.05, 3.63) is 23.3 Å². The van der Waals surface area contributed by atoms with Gasteiger partial charge in [-0.3, -0.25) is 0 Å². The smallest absolute Gasteiger partial charge is 0.240 e. The molecule has 6 heteroatoms. The molecule has 1 N–H and O–H groups in total. The Morgan fingerprint density at radius 1 is 1.17 bits per heavy atom. The highest BCUT2D eigenvalue weighted by Gasteiger charge is 2.20. The van der Waals surface area contributed by atoms with Gasteiger partial charge in [0.1, 0.15) is 5.75 Å². The first-order valence-electron chi connectivity index (χ1n) is 7.98. The molecule has 0 fully saturated rings. The lowest BCUT2D eigenvalue weighted by atomic mass is 10.0. The highest BCUT2D eigenvalue weighted by atomic mass is 32.2. The lowest BCUT2D eigenvalue weighted by molar-refractivity contribution is 0.0778. The number of ether oxygens (including phenoxy) is 2. The van der Waals surface area contributed by atoms with Gasteiger partial charge < -0.3 is 9.47 Å². The second-order valence-electron chi connectivity index (χ2n) is 6.19. The first kappa shape index (κ1) is 19.9. The highest BCUT2D eigenvalue weighted by molar-refractivity contribution is 7.89. The average molecular weight is 343 g/mol. The van der Waals surface area contributed by atoms with Crippen LogP contribution in [0.2, 0.25) is 0 Å². The van der Waals surface area contributed by atoms with Gasteiger partial charge in [0.25, 0.3) is 0 Å². The Morgan fingerprint density at radius 2 is 1.83 bits per heavy atom. The van der Waals surface area contributed by atoms with E-state index in [-0.39, 0.29) is 12.0 Å². The van der Waals surface area contributed by atoms with Crippen LogP contribution in [0.25, 0.3) is 0 Å². The molecule has 0 aliphatic heterocycles. The fraction of sp³-hybridized carbons (Fsp3) is 0.647. The summed E-state index contributed by atoms with van der Waals surface area (Å²) in [6, 6.07) is 3.50. The summed E-state index contributed by atoms with van der Waals surface area (Å²) in [5, 5.41) is 0. The van der Waals surface area contributed by atoms with Crippen molar-refractivity contribution < 1.29 is 17.9 Å². The van der Waals surface area contributed by atoms with Crippen LogP contribution in [-0.2, 0) is 14.8 Å². The van der Waals surface area contributed by atoms with E-state index >= 15 is 0 Å². The molecule has 0 aromatic heterocycles. The van der Waals surface area contributed by atoms with E-state index in [9.17, 15) is 8.42 Å². The highest BCUT2D eigenvalue weighted by Crippen LogP contribution is 2.31. The van der Waals surface area contributed by atoms with Crippen molar-refractivity contribution in [1.29, 1.82) is 0 Å². The van der Waals surface area contributed by atoms with Crippen molar-refractivity contribution in [2.75, 3.05) is 20.3 Å². The number of benzene rings is 1. The van der Waals surface area contributed by atoms with Crippen LogP contribution in [-0.4, -0.2) is 34.8 Å². The summed E-state index contributed by atoms with van der Waals surface area (Å²) in [7, 11) is -1.93. The Morgan fingerprint density at radius 3 is 2.35 bits per heavy atom. The second kappa shape index (κ2) is 8.66. The predicted molar refractivity (Wildman–Crippen MR) is 92.7 cm³/mol. The molecule has 1 aromatic carbocycles. The maximum absolute atomic E-state index is 12.5. The third-order valence-electron chi connectivity index (χ3n) is 3.50. The molecular formula is C17H29NO4S. The molecule has 0 aliphatic rings. The SMILES string of the molecule is COc1cc(C)c(S(=O)(=O)NCCCOC(C)C)cc1C(C)C. The predicted octanol–water partition coefficient (Wildman–Crippen LogP) is 3.22. The molecule has 0 unspecified atom stereocenters. The van der Waals surface area contributed by atoms with Gasteiger partial charge in [0, 0.05) is 13.2 Å². The van der Waals surface area contributed by atoms with E-state index in [4.69, 9.17) is 9.47 Å². The lowest BCUT2D eigenvalue weighted by Gasteiger charge is -2.16. The molecule has 0 saturated carbocycles. The first-order valence-corrected chi connectivity index (χ1v) is 9.47. The van der Waals surface area contributed by atoms with Gasteiger partial charge in [-0.25, -0.2) is 13.1 Å². The Hall–Kier alpha value is -1.11. The Balaban J connectivity index is 2.89. The minimum Gasteiger partial charge on any atom is -0.496 e. The molecule has 1 rings (SSSR count). The zero-order valence-corrected chi connectivity index (χ0v) is 15.8. The summed E-state index contributed by atoms with van der Waals surface area (Å²) in [5.74, 6) is 0.903. The molecule has 1 aromatic rings. The zero-order chi connectivity index (χ0) is 17.6. The van der Waals surface area contributed by atoms with Gasteiger partial charge in [-0.1, -0.05) is 13.8 Å². The number of nitrogens with one attached hydrogen (secondary N) is 1. The normalized spacial score (nSPS) is 12.2. The van der Waals surface area contributed by atoms with E-state index in [0.29, 0.717) is 30.0 Å². The van der Waals surface area contributed by atoms with Crippen molar-refractivity contribution in [2.24, 2.45) is 0 Å². The van der Waals surface area contributed by atoms with E-state index in [1.54, 1.807) is 26.2 Å². The molecule has 0 amide bonds. The second-order valence-corrected chi connectivity index (χ2v) is 7.92. The molecule has 5 nitrogen and oxygen atoms in total. The Bertz CT molecular complexity index is 609. The van der Waals surface area contributed by atoms with E-state index in [1.165, 1.54) is 0 Å². The summed E-state index contributed by atoms with van der Waals surface area (Å²) >= 11 is 0. The number of rotatable bonds is 9. The molecule has 0 spiro atoms. The van der Waals surface area contributed by atoms with Gasteiger partial charge in [0.05, 0.1) is 18.1 Å². The minimum atomic E-state index is -3.53. The summed E-state index contributed by atoms with van der Waals surface area (Å²) in [5.41, 5.74) is 1.57. The van der Waals surface area contributed by atoms with Gasteiger partial charge in [-0.05, 0) is 56.4 Å². The topological polar surface area (TPSA) is 64.6 Å². The van der Waals surface area contributed by atoms with E-state index in [2.05, 4.69) is 4.72 Å². The number of hydrogen-bond acceptors (Lipinski definition) is 4. The van der Waals surface area contributed by atoms with Crippen LogP contribution < -0.4 is 9.46 Å². The average Bonchev–Trinajstić information content (AvgIpc) is 2.45. The van der Waals surface area contributed by atoms with Crippen molar-refractivity contribution in [3.8, 4) is 5.75 Å². The fourth-order valence-electron chi connectivity index (χ4n) is 2.27.